The van der Waals surface area contributed by atoms with E-state index in [9.17, 15) is 14.4 Å². The molecular formula is C17H24N4O4. The number of nitrogens with one attached hydrogen (secondary N) is 3. The molecule has 0 aliphatic heterocycles. The standard InChI is InChI=1S/C17H24N4O4/c1-5-11(2)18-15(22)10-12(3)20-21-17(24)16(23)19-13-8-6-7-9-14(13)25-4/h6-9,11H,5,10H2,1-4H3,(H,18,22)(H,19,23)(H,21,24)/b20-12-/t11-/m0/s1. The molecule has 1 aromatic rings. The zero-order valence-corrected chi connectivity index (χ0v) is 14.9. The number of hydrogen-bond donors (Lipinski definition) is 3. The number of benzene rings is 1. The molecule has 0 radical (unpaired) electrons. The summed E-state index contributed by atoms with van der Waals surface area (Å²) in [5.74, 6) is -1.58. The number of carbonyl (C=O) groups excluding carboxylic acids is 3. The van der Waals surface area contributed by atoms with Crippen LogP contribution in [-0.4, -0.2) is 36.6 Å². The molecule has 25 heavy (non-hydrogen) atoms. The number of hydrogen-bond acceptors (Lipinski definition) is 5. The molecule has 0 aliphatic rings. The number of rotatable bonds is 7. The van der Waals surface area contributed by atoms with Gasteiger partial charge in [-0.25, -0.2) is 5.43 Å². The van der Waals surface area contributed by atoms with Crippen LogP contribution in [0.3, 0.4) is 0 Å². The monoisotopic (exact) mass is 348 g/mol. The zero-order chi connectivity index (χ0) is 18.8. The van der Waals surface area contributed by atoms with Gasteiger partial charge >= 0.3 is 11.8 Å². The Morgan fingerprint density at radius 3 is 2.52 bits per heavy atom. The fourth-order valence-electron chi connectivity index (χ4n) is 1.82. The van der Waals surface area contributed by atoms with Crippen molar-refractivity contribution < 1.29 is 19.1 Å². The van der Waals surface area contributed by atoms with Crippen molar-refractivity contribution >= 4 is 29.1 Å². The second-order valence-corrected chi connectivity index (χ2v) is 5.50. The Morgan fingerprint density at radius 2 is 1.88 bits per heavy atom. The average molecular weight is 348 g/mol. The van der Waals surface area contributed by atoms with Gasteiger partial charge in [-0.2, -0.15) is 5.10 Å². The maximum Gasteiger partial charge on any atom is 0.329 e. The first kappa shape index (κ1) is 20.1. The Labute approximate surface area is 147 Å². The van der Waals surface area contributed by atoms with E-state index in [4.69, 9.17) is 4.74 Å². The van der Waals surface area contributed by atoms with Crippen LogP contribution >= 0.6 is 0 Å². The molecule has 136 valence electrons. The van der Waals surface area contributed by atoms with Crippen molar-refractivity contribution in [1.29, 1.82) is 0 Å². The van der Waals surface area contributed by atoms with Crippen LogP contribution in [0, 0.1) is 0 Å². The van der Waals surface area contributed by atoms with Gasteiger partial charge in [-0.1, -0.05) is 19.1 Å². The minimum Gasteiger partial charge on any atom is -0.495 e. The fraction of sp³-hybridized carbons (Fsp3) is 0.412. The van der Waals surface area contributed by atoms with E-state index in [1.54, 1.807) is 31.2 Å². The average Bonchev–Trinajstić information content (AvgIpc) is 2.59. The smallest absolute Gasteiger partial charge is 0.329 e. The Hall–Kier alpha value is -2.90. The molecule has 8 nitrogen and oxygen atoms in total. The number of anilines is 1. The summed E-state index contributed by atoms with van der Waals surface area (Å²) >= 11 is 0. The summed E-state index contributed by atoms with van der Waals surface area (Å²) in [6.45, 7) is 5.45. The van der Waals surface area contributed by atoms with Crippen molar-refractivity contribution in [3.8, 4) is 5.75 Å². The van der Waals surface area contributed by atoms with Gasteiger partial charge < -0.3 is 15.4 Å². The maximum atomic E-state index is 11.9. The molecule has 0 aromatic heterocycles. The zero-order valence-electron chi connectivity index (χ0n) is 14.9. The second kappa shape index (κ2) is 10.1. The van der Waals surface area contributed by atoms with E-state index < -0.39 is 11.8 Å². The fourth-order valence-corrected chi connectivity index (χ4v) is 1.82. The number of hydrazone groups is 1. The van der Waals surface area contributed by atoms with E-state index in [1.165, 1.54) is 7.11 Å². The van der Waals surface area contributed by atoms with Crippen molar-refractivity contribution in [2.75, 3.05) is 12.4 Å². The normalized spacial score (nSPS) is 12.1. The van der Waals surface area contributed by atoms with Gasteiger partial charge in [0.2, 0.25) is 5.91 Å². The molecule has 1 rings (SSSR count). The lowest BCUT2D eigenvalue weighted by Crippen LogP contribution is -2.35. The minimum absolute atomic E-state index is 0.0404. The second-order valence-electron chi connectivity index (χ2n) is 5.50. The molecule has 0 unspecified atom stereocenters. The van der Waals surface area contributed by atoms with Gasteiger partial charge in [0.25, 0.3) is 0 Å². The third-order valence-electron chi connectivity index (χ3n) is 3.35. The highest BCUT2D eigenvalue weighted by molar-refractivity contribution is 6.39. The Morgan fingerprint density at radius 1 is 1.20 bits per heavy atom. The molecule has 0 saturated carbocycles. The third kappa shape index (κ3) is 7.03. The van der Waals surface area contributed by atoms with Crippen molar-refractivity contribution in [2.24, 2.45) is 5.10 Å². The highest BCUT2D eigenvalue weighted by Gasteiger charge is 2.15. The number of nitrogens with zero attached hydrogens (tertiary/aromatic N) is 1. The summed E-state index contributed by atoms with van der Waals surface area (Å²) in [7, 11) is 1.46. The Balaban J connectivity index is 2.54. The first-order valence-corrected chi connectivity index (χ1v) is 7.94. The summed E-state index contributed by atoms with van der Waals surface area (Å²) in [5, 5.41) is 8.99. The third-order valence-corrected chi connectivity index (χ3v) is 3.35. The van der Waals surface area contributed by atoms with Crippen LogP contribution in [0.2, 0.25) is 0 Å². The summed E-state index contributed by atoms with van der Waals surface area (Å²) in [6.07, 6.45) is 0.862. The lowest BCUT2D eigenvalue weighted by Gasteiger charge is -2.11. The summed E-state index contributed by atoms with van der Waals surface area (Å²) in [5.41, 5.74) is 2.89. The van der Waals surface area contributed by atoms with E-state index in [0.29, 0.717) is 17.1 Å². The van der Waals surface area contributed by atoms with Gasteiger partial charge in [-0.3, -0.25) is 14.4 Å². The molecule has 0 spiro atoms. The molecule has 0 saturated heterocycles. The predicted octanol–water partition coefficient (Wildman–Crippen LogP) is 1.43. The van der Waals surface area contributed by atoms with Crippen LogP contribution in [0.25, 0.3) is 0 Å². The molecule has 0 fully saturated rings. The van der Waals surface area contributed by atoms with Gasteiger partial charge in [0.05, 0.1) is 19.2 Å². The molecule has 0 bridgehead atoms. The number of carbonyl (C=O) groups is 3. The quantitative estimate of drug-likeness (QED) is 0.393. The van der Waals surface area contributed by atoms with Crippen LogP contribution in [0.5, 0.6) is 5.75 Å². The van der Waals surface area contributed by atoms with Crippen LogP contribution in [0.4, 0.5) is 5.69 Å². The van der Waals surface area contributed by atoms with Crippen LogP contribution in [-0.2, 0) is 14.4 Å². The molecule has 3 amide bonds. The van der Waals surface area contributed by atoms with Gasteiger partial charge in [0, 0.05) is 11.8 Å². The molecule has 1 aromatic carbocycles. The van der Waals surface area contributed by atoms with E-state index in [2.05, 4.69) is 21.2 Å². The Kier molecular flexibility index (Phi) is 8.11. The van der Waals surface area contributed by atoms with Crippen LogP contribution < -0.4 is 20.8 Å². The Bertz CT molecular complexity index is 658. The molecule has 1 atom stereocenters. The van der Waals surface area contributed by atoms with Crippen molar-refractivity contribution in [1.82, 2.24) is 10.7 Å². The van der Waals surface area contributed by atoms with Crippen molar-refractivity contribution in [2.45, 2.75) is 39.7 Å². The lowest BCUT2D eigenvalue weighted by molar-refractivity contribution is -0.136. The van der Waals surface area contributed by atoms with E-state index in [1.807, 2.05) is 13.8 Å². The number of ether oxygens (including phenoxy) is 1. The first-order chi connectivity index (χ1) is 11.9. The van der Waals surface area contributed by atoms with E-state index in [0.717, 1.165) is 6.42 Å². The van der Waals surface area contributed by atoms with Gasteiger partial charge in [0.1, 0.15) is 5.75 Å². The minimum atomic E-state index is -0.937. The topological polar surface area (TPSA) is 109 Å². The van der Waals surface area contributed by atoms with Crippen LogP contribution in [0.1, 0.15) is 33.6 Å². The first-order valence-electron chi connectivity index (χ1n) is 7.94. The molecular weight excluding hydrogens is 324 g/mol. The molecule has 3 N–H and O–H groups in total. The van der Waals surface area contributed by atoms with Gasteiger partial charge in [0.15, 0.2) is 0 Å². The maximum absolute atomic E-state index is 11.9. The lowest BCUT2D eigenvalue weighted by atomic mass is 10.2. The molecule has 8 heteroatoms. The SMILES string of the molecule is CC[C@H](C)NC(=O)C/C(C)=N\NC(=O)C(=O)Nc1ccccc1OC. The largest absolute Gasteiger partial charge is 0.495 e. The van der Waals surface area contributed by atoms with Gasteiger partial charge in [-0.05, 0) is 32.4 Å². The summed E-state index contributed by atoms with van der Waals surface area (Å²) < 4.78 is 5.09. The van der Waals surface area contributed by atoms with Gasteiger partial charge in [-0.15, -0.1) is 0 Å². The summed E-state index contributed by atoms with van der Waals surface area (Å²) in [4.78, 5) is 35.4. The number of methoxy groups -OCH3 is 1. The highest BCUT2D eigenvalue weighted by Crippen LogP contribution is 2.22. The van der Waals surface area contributed by atoms with E-state index in [-0.39, 0.29) is 18.4 Å². The molecule has 0 aliphatic carbocycles. The van der Waals surface area contributed by atoms with Crippen molar-refractivity contribution in [3.05, 3.63) is 24.3 Å². The molecule has 0 heterocycles. The van der Waals surface area contributed by atoms with Crippen molar-refractivity contribution in [3.63, 3.8) is 0 Å². The van der Waals surface area contributed by atoms with Crippen LogP contribution in [0.15, 0.2) is 29.4 Å². The highest BCUT2D eigenvalue weighted by atomic mass is 16.5. The summed E-state index contributed by atoms with van der Waals surface area (Å²) in [6, 6.07) is 6.78. The van der Waals surface area contributed by atoms with E-state index >= 15 is 0 Å². The number of para-hydroxylation sites is 2. The number of amides is 3. The predicted molar refractivity (Wildman–Crippen MR) is 95.4 cm³/mol.